The van der Waals surface area contributed by atoms with Crippen molar-refractivity contribution in [3.05, 3.63) is 95.4 Å². The molecular formula is C25H23N3O5S. The van der Waals surface area contributed by atoms with Gasteiger partial charge in [-0.25, -0.2) is 13.2 Å². The number of benzene rings is 3. The van der Waals surface area contributed by atoms with Gasteiger partial charge in [0, 0.05) is 11.3 Å². The van der Waals surface area contributed by atoms with Gasteiger partial charge in [-0.05, 0) is 63.2 Å². The lowest BCUT2D eigenvalue weighted by atomic mass is 10.1. The largest absolute Gasteiger partial charge is 0.449 e. The van der Waals surface area contributed by atoms with E-state index in [2.05, 4.69) is 14.9 Å². The molecule has 1 unspecified atom stereocenters. The van der Waals surface area contributed by atoms with E-state index in [-0.39, 0.29) is 16.3 Å². The molecule has 0 bridgehead atoms. The van der Waals surface area contributed by atoms with Crippen molar-refractivity contribution in [3.8, 4) is 11.5 Å². The number of aryl methyl sites for hydroxylation is 2. The van der Waals surface area contributed by atoms with Crippen LogP contribution in [0.5, 0.6) is 0 Å². The predicted molar refractivity (Wildman–Crippen MR) is 127 cm³/mol. The average molecular weight is 478 g/mol. The summed E-state index contributed by atoms with van der Waals surface area (Å²) in [5.41, 5.74) is 3.37. The molecule has 0 saturated heterocycles. The monoisotopic (exact) mass is 477 g/mol. The molecule has 0 amide bonds. The first-order valence-corrected chi connectivity index (χ1v) is 12.0. The molecule has 3 aromatic carbocycles. The Labute approximate surface area is 197 Å². The minimum Gasteiger partial charge on any atom is -0.449 e. The van der Waals surface area contributed by atoms with E-state index in [1.807, 2.05) is 38.1 Å². The van der Waals surface area contributed by atoms with Gasteiger partial charge in [0.15, 0.2) is 6.10 Å². The molecular weight excluding hydrogens is 454 g/mol. The number of carbonyl (C=O) groups is 1. The molecule has 4 aromatic rings. The Balaban J connectivity index is 1.47. The number of nitrogens with zero attached hydrogens (tertiary/aromatic N) is 2. The minimum absolute atomic E-state index is 0.0605. The SMILES string of the molecule is Cc1ccc(NS(=O)(=O)c2cccc(C(=O)OC(C)c3nnc(-c4ccc(C)cc4)o3)c2)cc1. The number of hydrogen-bond acceptors (Lipinski definition) is 7. The number of carbonyl (C=O) groups excluding carboxylic acids is 1. The summed E-state index contributed by atoms with van der Waals surface area (Å²) in [6.07, 6.45) is -0.829. The number of sulfonamides is 1. The van der Waals surface area contributed by atoms with E-state index < -0.39 is 22.1 Å². The molecule has 8 nitrogen and oxygen atoms in total. The maximum atomic E-state index is 12.8. The first kappa shape index (κ1) is 23.2. The van der Waals surface area contributed by atoms with E-state index in [0.29, 0.717) is 11.6 Å². The molecule has 1 atom stereocenters. The third kappa shape index (κ3) is 5.32. The van der Waals surface area contributed by atoms with E-state index in [4.69, 9.17) is 9.15 Å². The van der Waals surface area contributed by atoms with Gasteiger partial charge in [-0.2, -0.15) is 0 Å². The van der Waals surface area contributed by atoms with Gasteiger partial charge in [-0.15, -0.1) is 10.2 Å². The number of ether oxygens (including phenoxy) is 1. The number of rotatable bonds is 7. The first-order valence-electron chi connectivity index (χ1n) is 10.5. The van der Waals surface area contributed by atoms with Crippen LogP contribution in [-0.2, 0) is 14.8 Å². The highest BCUT2D eigenvalue weighted by Gasteiger charge is 2.22. The number of hydrogen-bond donors (Lipinski definition) is 1. The van der Waals surface area contributed by atoms with Crippen molar-refractivity contribution < 1.29 is 22.4 Å². The summed E-state index contributed by atoms with van der Waals surface area (Å²) < 4.78 is 39.1. The van der Waals surface area contributed by atoms with Crippen molar-refractivity contribution >= 4 is 21.7 Å². The number of nitrogens with one attached hydrogen (secondary N) is 1. The number of aromatic nitrogens is 2. The third-order valence-corrected chi connectivity index (χ3v) is 6.43. The Morgan fingerprint density at radius 2 is 1.59 bits per heavy atom. The predicted octanol–water partition coefficient (Wildman–Crippen LogP) is 5.07. The highest BCUT2D eigenvalue weighted by molar-refractivity contribution is 7.92. The van der Waals surface area contributed by atoms with Crippen molar-refractivity contribution in [2.75, 3.05) is 4.72 Å². The second-order valence-corrected chi connectivity index (χ2v) is 9.54. The maximum absolute atomic E-state index is 12.8. The lowest BCUT2D eigenvalue weighted by Crippen LogP contribution is -2.15. The van der Waals surface area contributed by atoms with Crippen LogP contribution >= 0.6 is 0 Å². The molecule has 0 saturated carbocycles. The molecule has 0 aliphatic carbocycles. The topological polar surface area (TPSA) is 111 Å². The summed E-state index contributed by atoms with van der Waals surface area (Å²) in [6, 6.07) is 20.1. The summed E-state index contributed by atoms with van der Waals surface area (Å²) >= 11 is 0. The van der Waals surface area contributed by atoms with Crippen LogP contribution in [0, 0.1) is 13.8 Å². The van der Waals surface area contributed by atoms with Crippen LogP contribution in [0.4, 0.5) is 5.69 Å². The average Bonchev–Trinajstić information content (AvgIpc) is 3.31. The van der Waals surface area contributed by atoms with Gasteiger partial charge in [0.1, 0.15) is 0 Å². The van der Waals surface area contributed by atoms with Crippen LogP contribution in [0.3, 0.4) is 0 Å². The summed E-state index contributed by atoms with van der Waals surface area (Å²) in [7, 11) is -3.89. The number of anilines is 1. The normalized spacial score (nSPS) is 12.2. The van der Waals surface area contributed by atoms with Crippen molar-refractivity contribution in [3.63, 3.8) is 0 Å². The van der Waals surface area contributed by atoms with Crippen LogP contribution < -0.4 is 4.72 Å². The molecule has 1 N–H and O–H groups in total. The van der Waals surface area contributed by atoms with Gasteiger partial charge in [0.05, 0.1) is 10.5 Å². The molecule has 1 heterocycles. The molecule has 34 heavy (non-hydrogen) atoms. The van der Waals surface area contributed by atoms with E-state index >= 15 is 0 Å². The molecule has 4 rings (SSSR count). The van der Waals surface area contributed by atoms with Gasteiger partial charge in [-0.3, -0.25) is 4.72 Å². The molecule has 0 radical (unpaired) electrons. The summed E-state index contributed by atoms with van der Waals surface area (Å²) in [5, 5.41) is 7.99. The van der Waals surface area contributed by atoms with Crippen molar-refractivity contribution in [2.24, 2.45) is 0 Å². The highest BCUT2D eigenvalue weighted by Crippen LogP contribution is 2.24. The van der Waals surface area contributed by atoms with Crippen LogP contribution in [0.1, 0.15) is 40.4 Å². The fourth-order valence-corrected chi connectivity index (χ4v) is 4.22. The van der Waals surface area contributed by atoms with Crippen molar-refractivity contribution in [1.29, 1.82) is 0 Å². The van der Waals surface area contributed by atoms with E-state index in [1.54, 1.807) is 31.2 Å². The molecule has 0 fully saturated rings. The summed E-state index contributed by atoms with van der Waals surface area (Å²) in [6.45, 7) is 5.49. The Bertz CT molecular complexity index is 1410. The lowest BCUT2D eigenvalue weighted by molar-refractivity contribution is 0.0279. The maximum Gasteiger partial charge on any atom is 0.338 e. The minimum atomic E-state index is -3.89. The van der Waals surface area contributed by atoms with Crippen LogP contribution in [0.25, 0.3) is 11.5 Å². The zero-order valence-electron chi connectivity index (χ0n) is 18.8. The second-order valence-electron chi connectivity index (χ2n) is 7.86. The first-order chi connectivity index (χ1) is 16.2. The van der Waals surface area contributed by atoms with E-state index in [0.717, 1.165) is 16.7 Å². The van der Waals surface area contributed by atoms with E-state index in [9.17, 15) is 13.2 Å². The Morgan fingerprint density at radius 1 is 0.941 bits per heavy atom. The molecule has 0 aliphatic heterocycles. The zero-order chi connectivity index (χ0) is 24.3. The van der Waals surface area contributed by atoms with Crippen molar-refractivity contribution in [1.82, 2.24) is 10.2 Å². The second kappa shape index (κ2) is 9.48. The zero-order valence-corrected chi connectivity index (χ0v) is 19.7. The van der Waals surface area contributed by atoms with Crippen LogP contribution in [-0.4, -0.2) is 24.6 Å². The van der Waals surface area contributed by atoms with Gasteiger partial charge >= 0.3 is 5.97 Å². The third-order valence-electron chi connectivity index (χ3n) is 5.05. The van der Waals surface area contributed by atoms with Gasteiger partial charge in [0.25, 0.3) is 15.9 Å². The fraction of sp³-hybridized carbons (Fsp3) is 0.160. The molecule has 174 valence electrons. The van der Waals surface area contributed by atoms with Crippen molar-refractivity contribution in [2.45, 2.75) is 31.8 Å². The lowest BCUT2D eigenvalue weighted by Gasteiger charge is -2.11. The molecule has 0 spiro atoms. The molecule has 0 aliphatic rings. The quantitative estimate of drug-likeness (QED) is 0.370. The van der Waals surface area contributed by atoms with Gasteiger partial charge in [-0.1, -0.05) is 41.5 Å². The number of esters is 1. The van der Waals surface area contributed by atoms with E-state index in [1.165, 1.54) is 24.3 Å². The Kier molecular flexibility index (Phi) is 6.47. The van der Waals surface area contributed by atoms with Gasteiger partial charge < -0.3 is 9.15 Å². The van der Waals surface area contributed by atoms with Crippen LogP contribution in [0.15, 0.2) is 82.1 Å². The summed E-state index contributed by atoms with van der Waals surface area (Å²) in [5.74, 6) is -0.267. The highest BCUT2D eigenvalue weighted by atomic mass is 32.2. The fourth-order valence-electron chi connectivity index (χ4n) is 3.12. The molecule has 1 aromatic heterocycles. The molecule has 9 heteroatoms. The summed E-state index contributed by atoms with van der Waals surface area (Å²) in [4.78, 5) is 12.6. The van der Waals surface area contributed by atoms with Gasteiger partial charge in [0.2, 0.25) is 5.89 Å². The Morgan fingerprint density at radius 3 is 2.26 bits per heavy atom. The Hall–Kier alpha value is -3.98. The van der Waals surface area contributed by atoms with Crippen LogP contribution in [0.2, 0.25) is 0 Å². The standard InChI is InChI=1S/C25H23N3O5S/c1-16-7-11-19(12-8-16)24-27-26-23(33-24)18(3)32-25(29)20-5-4-6-22(15-20)34(30,31)28-21-13-9-17(2)10-14-21/h4-15,18,28H,1-3H3. The smallest absolute Gasteiger partial charge is 0.338 e.